The van der Waals surface area contributed by atoms with E-state index in [1.165, 1.54) is 44.9 Å². The van der Waals surface area contributed by atoms with Crippen molar-refractivity contribution in [2.75, 3.05) is 40.9 Å². The van der Waals surface area contributed by atoms with Gasteiger partial charge in [0.15, 0.2) is 0 Å². The van der Waals surface area contributed by atoms with Gasteiger partial charge in [-0.25, -0.2) is 0 Å². The second-order valence-electron chi connectivity index (χ2n) is 21.1. The van der Waals surface area contributed by atoms with Crippen molar-refractivity contribution in [1.82, 2.24) is 5.32 Å². The van der Waals surface area contributed by atoms with Crippen LogP contribution in [-0.4, -0.2) is 69.4 Å². The van der Waals surface area contributed by atoms with E-state index in [0.717, 1.165) is 141 Å². The van der Waals surface area contributed by atoms with Crippen molar-refractivity contribution in [3.8, 4) is 0 Å². The maximum absolute atomic E-state index is 13.5. The predicted octanol–water partition coefficient (Wildman–Crippen LogP) is 18.1. The first-order valence-electron chi connectivity index (χ1n) is 30.3. The SMILES string of the molecule is CC/C=C\C/C=C\C/C=C\C/C=C\C/C=C\C/C=C\CCCCCCCCC(=O)OC(/C=C\CCCCCCCCCCC)C(COP(=O)([O-])OCC[N+](C)(C)C)NC(=O)CCCCCC/C=C/C/C=C/C/C=C/CC. The summed E-state index contributed by atoms with van der Waals surface area (Å²) in [5, 5.41) is 3.00. The predicted molar refractivity (Wildman–Crippen MR) is 325 cm³/mol. The summed E-state index contributed by atoms with van der Waals surface area (Å²) < 4.78 is 30.2. The van der Waals surface area contributed by atoms with Crippen LogP contribution in [0.2, 0.25) is 0 Å². The lowest BCUT2D eigenvalue weighted by atomic mass is 10.1. The van der Waals surface area contributed by atoms with E-state index in [-0.39, 0.29) is 31.3 Å². The zero-order valence-electron chi connectivity index (χ0n) is 49.4. The number of quaternary nitrogens is 1. The fraction of sp³-hybridized carbons (Fsp3) is 0.667. The van der Waals surface area contributed by atoms with E-state index < -0.39 is 26.6 Å². The molecule has 0 heterocycles. The van der Waals surface area contributed by atoms with Crippen LogP contribution in [-0.2, 0) is 27.9 Å². The van der Waals surface area contributed by atoms with Crippen molar-refractivity contribution in [3.63, 3.8) is 0 Å². The van der Waals surface area contributed by atoms with Gasteiger partial charge in [-0.1, -0.05) is 226 Å². The molecule has 0 radical (unpaired) electrons. The Balaban J connectivity index is 5.23. The highest BCUT2D eigenvalue weighted by Crippen LogP contribution is 2.38. The third-order valence-corrected chi connectivity index (χ3v) is 13.6. The average molecular weight is 1080 g/mol. The minimum Gasteiger partial charge on any atom is -0.756 e. The van der Waals surface area contributed by atoms with Gasteiger partial charge in [-0.3, -0.25) is 14.2 Å². The molecule has 0 fully saturated rings. The third kappa shape index (κ3) is 55.2. The number of unbranched alkanes of at least 4 members (excludes halogenated alkanes) is 19. The second kappa shape index (κ2) is 54.8. The van der Waals surface area contributed by atoms with Gasteiger partial charge in [-0.05, 0) is 115 Å². The molecule has 0 spiro atoms. The van der Waals surface area contributed by atoms with E-state index >= 15 is 0 Å². The van der Waals surface area contributed by atoms with Crippen LogP contribution in [0.15, 0.2) is 122 Å². The van der Waals surface area contributed by atoms with Gasteiger partial charge in [0.2, 0.25) is 5.91 Å². The van der Waals surface area contributed by atoms with Crippen LogP contribution in [0.1, 0.15) is 233 Å². The van der Waals surface area contributed by atoms with E-state index in [2.05, 4.69) is 135 Å². The number of phosphoric ester groups is 1. The van der Waals surface area contributed by atoms with E-state index in [1.54, 1.807) is 0 Å². The molecule has 3 atom stereocenters. The molecule has 1 amide bonds. The molecule has 434 valence electrons. The molecule has 0 saturated carbocycles. The van der Waals surface area contributed by atoms with Crippen molar-refractivity contribution in [1.29, 1.82) is 0 Å². The molecule has 0 saturated heterocycles. The Bertz CT molecular complexity index is 1720. The van der Waals surface area contributed by atoms with Gasteiger partial charge in [0.1, 0.15) is 19.3 Å². The summed E-state index contributed by atoms with van der Waals surface area (Å²) >= 11 is 0. The molecule has 3 unspecified atom stereocenters. The van der Waals surface area contributed by atoms with Gasteiger partial charge in [0.25, 0.3) is 7.82 Å². The first-order valence-corrected chi connectivity index (χ1v) is 31.8. The normalized spacial score (nSPS) is 14.6. The molecule has 0 aromatic rings. The number of ether oxygens (including phenoxy) is 1. The van der Waals surface area contributed by atoms with Gasteiger partial charge in [0.05, 0.1) is 33.8 Å². The number of phosphoric acid groups is 1. The minimum absolute atomic E-state index is 0.0361. The highest BCUT2D eigenvalue weighted by molar-refractivity contribution is 7.45. The highest BCUT2D eigenvalue weighted by Gasteiger charge is 2.27. The number of allylic oxidation sites excluding steroid dienone is 19. The van der Waals surface area contributed by atoms with Crippen LogP contribution in [0.4, 0.5) is 0 Å². The number of esters is 1. The number of nitrogens with zero attached hydrogens (tertiary/aromatic N) is 1. The van der Waals surface area contributed by atoms with E-state index in [4.69, 9.17) is 13.8 Å². The number of carbonyl (C=O) groups is 2. The summed E-state index contributed by atoms with van der Waals surface area (Å²) in [5.74, 6) is -0.594. The molecule has 0 aliphatic rings. The Morgan fingerprint density at radius 2 is 0.842 bits per heavy atom. The largest absolute Gasteiger partial charge is 0.756 e. The fourth-order valence-corrected chi connectivity index (χ4v) is 8.73. The van der Waals surface area contributed by atoms with Crippen LogP contribution in [0.3, 0.4) is 0 Å². The molecule has 9 nitrogen and oxygen atoms in total. The second-order valence-corrected chi connectivity index (χ2v) is 22.5. The zero-order valence-corrected chi connectivity index (χ0v) is 50.3. The number of hydrogen-bond donors (Lipinski definition) is 1. The Morgan fingerprint density at radius 1 is 0.474 bits per heavy atom. The monoisotopic (exact) mass is 1080 g/mol. The lowest BCUT2D eigenvalue weighted by molar-refractivity contribution is -0.870. The number of likely N-dealkylation sites (N-methyl/N-ethyl adjacent to an activating group) is 1. The summed E-state index contributed by atoms with van der Waals surface area (Å²) in [5.41, 5.74) is 0. The van der Waals surface area contributed by atoms with Crippen LogP contribution in [0, 0.1) is 0 Å². The third-order valence-electron chi connectivity index (χ3n) is 12.6. The molecule has 0 rings (SSSR count). The molecule has 76 heavy (non-hydrogen) atoms. The Kier molecular flexibility index (Phi) is 52.2. The van der Waals surface area contributed by atoms with Crippen LogP contribution >= 0.6 is 7.82 Å². The topological polar surface area (TPSA) is 114 Å². The van der Waals surface area contributed by atoms with Crippen molar-refractivity contribution in [2.45, 2.75) is 245 Å². The zero-order chi connectivity index (χ0) is 55.7. The molecule has 0 aromatic carbocycles. The maximum Gasteiger partial charge on any atom is 0.306 e. The lowest BCUT2D eigenvalue weighted by Gasteiger charge is -2.30. The van der Waals surface area contributed by atoms with Crippen molar-refractivity contribution >= 4 is 19.7 Å². The number of amides is 1. The van der Waals surface area contributed by atoms with Crippen LogP contribution < -0.4 is 10.2 Å². The molecule has 0 aliphatic carbocycles. The summed E-state index contributed by atoms with van der Waals surface area (Å²) in [7, 11) is 1.14. The molecular weight excluding hydrogens is 964 g/mol. The molecular formula is C66H113N2O7P. The van der Waals surface area contributed by atoms with E-state index in [9.17, 15) is 19.0 Å². The van der Waals surface area contributed by atoms with E-state index in [0.29, 0.717) is 23.9 Å². The Labute approximate surface area is 467 Å². The van der Waals surface area contributed by atoms with Crippen LogP contribution in [0.25, 0.3) is 0 Å². The summed E-state index contributed by atoms with van der Waals surface area (Å²) in [6.45, 7) is 6.56. The minimum atomic E-state index is -4.71. The van der Waals surface area contributed by atoms with Gasteiger partial charge in [-0.2, -0.15) is 0 Å². The highest BCUT2D eigenvalue weighted by atomic mass is 31.2. The maximum atomic E-state index is 13.5. The smallest absolute Gasteiger partial charge is 0.306 e. The summed E-state index contributed by atoms with van der Waals surface area (Å²) in [6, 6.07) is -0.914. The number of carbonyl (C=O) groups excluding carboxylic acids is 2. The standard InChI is InChI=1S/C66H113N2O7P/c1-7-10-13-16-19-22-25-27-29-30-31-32-33-34-35-36-37-38-39-41-44-47-50-53-56-59-66(70)75-64(57-54-51-48-45-42-24-21-18-15-12-9-3)63(62-74-76(71,72)73-61-60-68(4,5)6)67-65(69)58-55-52-49-46-43-40-28-26-23-20-17-14-11-8-2/h10-11,13-14,19-20,22-23,27-29,31-32,34-35,37-38,40,54,57,63-64H,7-9,12,15-18,21,24-26,30,33,36,39,41-53,55-56,58-62H2,1-6H3,(H-,67,69,71,72)/b13-10-,14-11+,22-19-,23-20+,29-27-,32-31-,35-34-,38-37-,40-28+,57-54-. The molecule has 0 aromatic heterocycles. The quantitative estimate of drug-likeness (QED) is 0.0212. The first-order chi connectivity index (χ1) is 36.9. The number of hydrogen-bond acceptors (Lipinski definition) is 7. The molecule has 1 N–H and O–H groups in total. The summed E-state index contributed by atoms with van der Waals surface area (Å²) in [6.07, 6.45) is 76.0. The van der Waals surface area contributed by atoms with Crippen LogP contribution in [0.5, 0.6) is 0 Å². The van der Waals surface area contributed by atoms with Crippen molar-refractivity contribution < 1.29 is 37.3 Å². The van der Waals surface area contributed by atoms with Gasteiger partial charge in [-0.15, -0.1) is 0 Å². The van der Waals surface area contributed by atoms with Crippen molar-refractivity contribution in [3.05, 3.63) is 122 Å². The molecule has 0 aliphatic heterocycles. The molecule has 10 heteroatoms. The molecule has 0 bridgehead atoms. The van der Waals surface area contributed by atoms with Gasteiger partial charge in [0, 0.05) is 12.8 Å². The summed E-state index contributed by atoms with van der Waals surface area (Å²) in [4.78, 5) is 39.9. The van der Waals surface area contributed by atoms with Crippen molar-refractivity contribution in [2.24, 2.45) is 0 Å². The Morgan fingerprint density at radius 3 is 1.26 bits per heavy atom. The Hall–Kier alpha value is -3.59. The van der Waals surface area contributed by atoms with E-state index in [1.807, 2.05) is 33.3 Å². The van der Waals surface area contributed by atoms with Gasteiger partial charge >= 0.3 is 5.97 Å². The number of rotatable bonds is 53. The van der Waals surface area contributed by atoms with Gasteiger partial charge < -0.3 is 28.5 Å². The lowest BCUT2D eigenvalue weighted by Crippen LogP contribution is -2.47. The average Bonchev–Trinajstić information content (AvgIpc) is 3.38. The first kappa shape index (κ1) is 72.4. The fourth-order valence-electron chi connectivity index (χ4n) is 8.01. The number of nitrogens with one attached hydrogen (secondary N) is 1.